The first-order valence-electron chi connectivity index (χ1n) is 8.75. The summed E-state index contributed by atoms with van der Waals surface area (Å²) in [7, 11) is 0. The Morgan fingerprint density at radius 1 is 1.46 bits per heavy atom. The number of anilines is 1. The van der Waals surface area contributed by atoms with Crippen LogP contribution >= 0.6 is 11.6 Å². The summed E-state index contributed by atoms with van der Waals surface area (Å²) in [5.74, 6) is 0.0176. The van der Waals surface area contributed by atoms with Gasteiger partial charge in [-0.1, -0.05) is 11.6 Å². The quantitative estimate of drug-likeness (QED) is 0.718. The van der Waals surface area contributed by atoms with Crippen molar-refractivity contribution in [1.82, 2.24) is 20.5 Å². The van der Waals surface area contributed by atoms with Crippen LogP contribution in [0.1, 0.15) is 18.4 Å². The molecule has 2 N–H and O–H groups in total. The molecule has 1 amide bonds. The zero-order valence-electron chi connectivity index (χ0n) is 14.2. The monoisotopic (exact) mass is 373 g/mol. The number of oxazole rings is 1. The smallest absolute Gasteiger partial charge is 0.298 e. The Balaban J connectivity index is 1.37. The van der Waals surface area contributed by atoms with Gasteiger partial charge in [0.2, 0.25) is 5.91 Å². The normalized spacial score (nSPS) is 17.6. The first-order chi connectivity index (χ1) is 12.7. The van der Waals surface area contributed by atoms with E-state index >= 15 is 0 Å². The van der Waals surface area contributed by atoms with Crippen molar-refractivity contribution in [3.05, 3.63) is 41.2 Å². The summed E-state index contributed by atoms with van der Waals surface area (Å²) in [5.41, 5.74) is 2.52. The van der Waals surface area contributed by atoms with Crippen molar-refractivity contribution in [2.75, 3.05) is 24.5 Å². The molecule has 1 atom stereocenters. The molecule has 1 aliphatic rings. The van der Waals surface area contributed by atoms with Gasteiger partial charge in [0.15, 0.2) is 5.58 Å². The van der Waals surface area contributed by atoms with Crippen LogP contribution in [0.25, 0.3) is 11.1 Å². The number of benzene rings is 1. The summed E-state index contributed by atoms with van der Waals surface area (Å²) in [6, 6.07) is 5.94. The molecule has 1 fully saturated rings. The summed E-state index contributed by atoms with van der Waals surface area (Å²) in [6.45, 7) is 2.05. The number of aromatic nitrogens is 3. The van der Waals surface area contributed by atoms with Crippen LogP contribution in [0, 0.1) is 5.92 Å². The zero-order chi connectivity index (χ0) is 17.9. The molecule has 2 aromatic heterocycles. The van der Waals surface area contributed by atoms with Crippen LogP contribution in [0.3, 0.4) is 0 Å². The van der Waals surface area contributed by atoms with Crippen LogP contribution in [0.4, 0.5) is 6.01 Å². The Morgan fingerprint density at radius 3 is 3.23 bits per heavy atom. The minimum atomic E-state index is -0.0632. The molecule has 4 rings (SSSR count). The van der Waals surface area contributed by atoms with Gasteiger partial charge in [-0.2, -0.15) is 10.1 Å². The fourth-order valence-electron chi connectivity index (χ4n) is 3.28. The average molecular weight is 374 g/mol. The molecule has 1 aromatic carbocycles. The van der Waals surface area contributed by atoms with Gasteiger partial charge in [0.1, 0.15) is 5.52 Å². The molecule has 0 spiro atoms. The lowest BCUT2D eigenvalue weighted by Crippen LogP contribution is -2.43. The maximum absolute atomic E-state index is 12.5. The van der Waals surface area contributed by atoms with E-state index in [2.05, 4.69) is 20.5 Å². The summed E-state index contributed by atoms with van der Waals surface area (Å²) in [4.78, 5) is 19.0. The number of amides is 1. The molecule has 0 aliphatic carbocycles. The summed E-state index contributed by atoms with van der Waals surface area (Å²) in [5, 5.41) is 10.3. The third-order valence-electron chi connectivity index (χ3n) is 4.67. The number of H-pyrrole nitrogens is 1. The van der Waals surface area contributed by atoms with E-state index in [9.17, 15) is 4.79 Å². The standard InChI is InChI=1S/C18H20ClN5O2/c19-14-3-4-16-15(8-14)23-18(26-16)24-7-1-2-13(11-24)17(25)20-6-5-12-9-21-22-10-12/h3-4,8-10,13H,1-2,5-7,11H2,(H,20,25)(H,21,22). The lowest BCUT2D eigenvalue weighted by Gasteiger charge is -2.30. The molecule has 0 saturated carbocycles. The molecule has 7 nitrogen and oxygen atoms in total. The Hall–Kier alpha value is -2.54. The Kier molecular flexibility index (Phi) is 4.79. The second-order valence-corrected chi connectivity index (χ2v) is 6.98. The van der Waals surface area contributed by atoms with E-state index in [0.29, 0.717) is 29.7 Å². The van der Waals surface area contributed by atoms with Crippen molar-refractivity contribution in [3.63, 3.8) is 0 Å². The number of rotatable bonds is 5. The number of hydrogen-bond acceptors (Lipinski definition) is 5. The first kappa shape index (κ1) is 16.9. The molecular weight excluding hydrogens is 354 g/mol. The lowest BCUT2D eigenvalue weighted by molar-refractivity contribution is -0.125. The molecule has 3 heterocycles. The van der Waals surface area contributed by atoms with Crippen LogP contribution in [0.15, 0.2) is 35.0 Å². The van der Waals surface area contributed by atoms with Crippen LogP contribution in [-0.2, 0) is 11.2 Å². The van der Waals surface area contributed by atoms with Gasteiger partial charge in [0.25, 0.3) is 6.01 Å². The number of carbonyl (C=O) groups excluding carboxylic acids is 1. The maximum atomic E-state index is 12.5. The summed E-state index contributed by atoms with van der Waals surface area (Å²) >= 11 is 6.01. The largest absolute Gasteiger partial charge is 0.423 e. The number of piperidine rings is 1. The van der Waals surface area contributed by atoms with Gasteiger partial charge >= 0.3 is 0 Å². The van der Waals surface area contributed by atoms with Crippen LogP contribution in [0.5, 0.6) is 0 Å². The number of carbonyl (C=O) groups is 1. The van der Waals surface area contributed by atoms with Gasteiger partial charge in [0.05, 0.1) is 12.1 Å². The van der Waals surface area contributed by atoms with E-state index < -0.39 is 0 Å². The minimum absolute atomic E-state index is 0.0632. The summed E-state index contributed by atoms with van der Waals surface area (Å²) < 4.78 is 5.83. The van der Waals surface area contributed by atoms with Crippen molar-refractivity contribution < 1.29 is 9.21 Å². The molecule has 26 heavy (non-hydrogen) atoms. The number of fused-ring (bicyclic) bond motifs is 1. The number of hydrogen-bond donors (Lipinski definition) is 2. The van der Waals surface area contributed by atoms with E-state index in [0.717, 1.165) is 36.9 Å². The highest BCUT2D eigenvalue weighted by Gasteiger charge is 2.28. The highest BCUT2D eigenvalue weighted by molar-refractivity contribution is 6.31. The van der Waals surface area contributed by atoms with E-state index in [1.54, 1.807) is 18.3 Å². The molecule has 1 unspecified atom stereocenters. The summed E-state index contributed by atoms with van der Waals surface area (Å²) in [6.07, 6.45) is 6.19. The fourth-order valence-corrected chi connectivity index (χ4v) is 3.44. The number of nitrogens with one attached hydrogen (secondary N) is 2. The Morgan fingerprint density at radius 2 is 2.38 bits per heavy atom. The van der Waals surface area contributed by atoms with E-state index in [4.69, 9.17) is 16.0 Å². The van der Waals surface area contributed by atoms with Crippen molar-refractivity contribution in [2.24, 2.45) is 5.92 Å². The average Bonchev–Trinajstić information content (AvgIpc) is 3.31. The van der Waals surface area contributed by atoms with Gasteiger partial charge < -0.3 is 14.6 Å². The number of halogens is 1. The molecule has 1 aliphatic heterocycles. The zero-order valence-corrected chi connectivity index (χ0v) is 15.0. The molecular formula is C18H20ClN5O2. The molecule has 136 valence electrons. The van der Waals surface area contributed by atoms with Crippen molar-refractivity contribution in [2.45, 2.75) is 19.3 Å². The van der Waals surface area contributed by atoms with Crippen LogP contribution < -0.4 is 10.2 Å². The number of aromatic amines is 1. The van der Waals surface area contributed by atoms with E-state index in [-0.39, 0.29) is 11.8 Å². The topological polar surface area (TPSA) is 87.0 Å². The van der Waals surface area contributed by atoms with Crippen LogP contribution in [-0.4, -0.2) is 40.7 Å². The third kappa shape index (κ3) is 3.67. The van der Waals surface area contributed by atoms with E-state index in [1.807, 2.05) is 17.2 Å². The van der Waals surface area contributed by atoms with Gasteiger partial charge in [-0.05, 0) is 43.0 Å². The highest BCUT2D eigenvalue weighted by atomic mass is 35.5. The fraction of sp³-hybridized carbons (Fsp3) is 0.389. The third-order valence-corrected chi connectivity index (χ3v) is 4.90. The van der Waals surface area contributed by atoms with Gasteiger partial charge in [-0.3, -0.25) is 9.89 Å². The van der Waals surface area contributed by atoms with Gasteiger partial charge in [-0.15, -0.1) is 0 Å². The highest BCUT2D eigenvalue weighted by Crippen LogP contribution is 2.27. The molecule has 0 radical (unpaired) electrons. The molecule has 3 aromatic rings. The SMILES string of the molecule is O=C(NCCc1cn[nH]c1)C1CCCN(c2nc3cc(Cl)ccc3o2)C1. The lowest BCUT2D eigenvalue weighted by atomic mass is 9.97. The minimum Gasteiger partial charge on any atom is -0.423 e. The molecule has 1 saturated heterocycles. The van der Waals surface area contributed by atoms with Crippen molar-refractivity contribution in [1.29, 1.82) is 0 Å². The second kappa shape index (κ2) is 7.37. The maximum Gasteiger partial charge on any atom is 0.298 e. The Bertz CT molecular complexity index is 892. The van der Waals surface area contributed by atoms with Crippen LogP contribution in [0.2, 0.25) is 5.02 Å². The second-order valence-electron chi connectivity index (χ2n) is 6.54. The molecule has 0 bridgehead atoms. The predicted molar refractivity (Wildman–Crippen MR) is 99.3 cm³/mol. The number of nitrogens with zero attached hydrogens (tertiary/aromatic N) is 3. The predicted octanol–water partition coefficient (Wildman–Crippen LogP) is 2.78. The molecule has 8 heteroatoms. The van der Waals surface area contributed by atoms with E-state index in [1.165, 1.54) is 0 Å². The first-order valence-corrected chi connectivity index (χ1v) is 9.13. The van der Waals surface area contributed by atoms with Gasteiger partial charge in [-0.25, -0.2) is 0 Å². The van der Waals surface area contributed by atoms with Crippen molar-refractivity contribution >= 4 is 34.6 Å². The van der Waals surface area contributed by atoms with Crippen molar-refractivity contribution in [3.8, 4) is 0 Å². The van der Waals surface area contributed by atoms with Gasteiger partial charge in [0, 0.05) is 30.9 Å². The Labute approximate surface area is 155 Å².